The van der Waals surface area contributed by atoms with Gasteiger partial charge in [0.25, 0.3) is 0 Å². The lowest BCUT2D eigenvalue weighted by atomic mass is 10.0. The van der Waals surface area contributed by atoms with Crippen LogP contribution in [0.2, 0.25) is 0 Å². The number of fused-ring (bicyclic) bond motifs is 1. The topological polar surface area (TPSA) is 39.4 Å². The number of rotatable bonds is 2. The maximum absolute atomic E-state index is 11.8. The van der Waals surface area contributed by atoms with E-state index < -0.39 is 0 Å². The molecule has 1 heterocycles. The summed E-state index contributed by atoms with van der Waals surface area (Å²) in [5, 5.41) is 0.911. The van der Waals surface area contributed by atoms with Crippen molar-refractivity contribution < 1.29 is 9.15 Å². The van der Waals surface area contributed by atoms with E-state index in [0.717, 1.165) is 22.1 Å². The highest BCUT2D eigenvalue weighted by Gasteiger charge is 2.12. The van der Waals surface area contributed by atoms with Crippen LogP contribution in [0.15, 0.2) is 57.7 Å². The van der Waals surface area contributed by atoms with Crippen molar-refractivity contribution in [2.75, 3.05) is 7.11 Å². The number of hydrogen-bond acceptors (Lipinski definition) is 3. The molecule has 1 aromatic heterocycles. The summed E-state index contributed by atoms with van der Waals surface area (Å²) in [5.74, 6) is 0.714. The summed E-state index contributed by atoms with van der Waals surface area (Å²) in [6.07, 6.45) is 0. The molecule has 0 spiro atoms. The first-order chi connectivity index (χ1) is 9.70. The Balaban J connectivity index is 2.40. The zero-order valence-electron chi connectivity index (χ0n) is 11.3. The van der Waals surface area contributed by atoms with Crippen LogP contribution in [-0.4, -0.2) is 7.11 Å². The molecule has 2 aromatic carbocycles. The maximum atomic E-state index is 11.8. The SMILES string of the molecule is COc1ccc2c(-c3ccccc3)cc(=O)oc2c1C. The fourth-order valence-electron chi connectivity index (χ4n) is 2.42. The Morgan fingerprint density at radius 3 is 2.50 bits per heavy atom. The molecule has 0 bridgehead atoms. The highest BCUT2D eigenvalue weighted by atomic mass is 16.5. The molecule has 20 heavy (non-hydrogen) atoms. The second kappa shape index (κ2) is 4.85. The predicted octanol–water partition coefficient (Wildman–Crippen LogP) is 3.78. The molecule has 0 atom stereocenters. The first kappa shape index (κ1) is 12.5. The molecular formula is C17H14O3. The molecule has 3 rings (SSSR count). The van der Waals surface area contributed by atoms with Crippen LogP contribution < -0.4 is 10.4 Å². The Morgan fingerprint density at radius 1 is 1.05 bits per heavy atom. The van der Waals surface area contributed by atoms with Crippen molar-refractivity contribution in [3.8, 4) is 16.9 Å². The number of methoxy groups -OCH3 is 1. The second-order valence-corrected chi connectivity index (χ2v) is 4.61. The average Bonchev–Trinajstić information content (AvgIpc) is 2.48. The third kappa shape index (κ3) is 1.97. The molecule has 100 valence electrons. The van der Waals surface area contributed by atoms with Crippen LogP contribution in [0.25, 0.3) is 22.1 Å². The summed E-state index contributed by atoms with van der Waals surface area (Å²) < 4.78 is 10.6. The monoisotopic (exact) mass is 266 g/mol. The van der Waals surface area contributed by atoms with E-state index in [0.29, 0.717) is 11.3 Å². The van der Waals surface area contributed by atoms with Crippen LogP contribution in [0, 0.1) is 6.92 Å². The highest BCUT2D eigenvalue weighted by molar-refractivity contribution is 5.95. The van der Waals surface area contributed by atoms with E-state index in [-0.39, 0.29) is 5.63 Å². The van der Waals surface area contributed by atoms with Crippen LogP contribution in [0.4, 0.5) is 0 Å². The Bertz CT molecular complexity index is 817. The summed E-state index contributed by atoms with van der Waals surface area (Å²) in [6, 6.07) is 15.2. The van der Waals surface area contributed by atoms with Gasteiger partial charge in [0, 0.05) is 17.0 Å². The Morgan fingerprint density at radius 2 is 1.80 bits per heavy atom. The Labute approximate surface area is 116 Å². The van der Waals surface area contributed by atoms with Gasteiger partial charge in [-0.05, 0) is 30.2 Å². The normalized spacial score (nSPS) is 10.7. The third-order valence-corrected chi connectivity index (χ3v) is 3.42. The lowest BCUT2D eigenvalue weighted by Crippen LogP contribution is -2.00. The first-order valence-corrected chi connectivity index (χ1v) is 6.37. The molecule has 0 unspecified atom stereocenters. The molecule has 0 N–H and O–H groups in total. The lowest BCUT2D eigenvalue weighted by Gasteiger charge is -2.10. The fraction of sp³-hybridized carbons (Fsp3) is 0.118. The summed E-state index contributed by atoms with van der Waals surface area (Å²) in [5.41, 5.74) is 2.93. The Kier molecular flexibility index (Phi) is 3.03. The average molecular weight is 266 g/mol. The van der Waals surface area contributed by atoms with Gasteiger partial charge in [-0.3, -0.25) is 0 Å². The first-order valence-electron chi connectivity index (χ1n) is 6.37. The van der Waals surface area contributed by atoms with Gasteiger partial charge < -0.3 is 9.15 Å². The van der Waals surface area contributed by atoms with Crippen molar-refractivity contribution in [1.29, 1.82) is 0 Å². The molecule has 0 amide bonds. The molecule has 0 saturated heterocycles. The zero-order valence-corrected chi connectivity index (χ0v) is 11.3. The second-order valence-electron chi connectivity index (χ2n) is 4.61. The van der Waals surface area contributed by atoms with E-state index in [2.05, 4.69) is 0 Å². The summed E-state index contributed by atoms with van der Waals surface area (Å²) in [4.78, 5) is 11.8. The molecule has 0 aliphatic heterocycles. The molecule has 0 saturated carbocycles. The van der Waals surface area contributed by atoms with E-state index in [1.807, 2.05) is 49.4 Å². The number of ether oxygens (including phenoxy) is 1. The number of benzene rings is 2. The fourth-order valence-corrected chi connectivity index (χ4v) is 2.42. The minimum absolute atomic E-state index is 0.354. The summed E-state index contributed by atoms with van der Waals surface area (Å²) in [7, 11) is 1.60. The van der Waals surface area contributed by atoms with Crippen molar-refractivity contribution in [3.63, 3.8) is 0 Å². The van der Waals surface area contributed by atoms with Crippen LogP contribution in [0.1, 0.15) is 5.56 Å². The van der Waals surface area contributed by atoms with E-state index in [1.165, 1.54) is 6.07 Å². The molecule has 3 heteroatoms. The van der Waals surface area contributed by atoms with Crippen molar-refractivity contribution in [3.05, 3.63) is 64.5 Å². The Hall–Kier alpha value is -2.55. The van der Waals surface area contributed by atoms with E-state index in [1.54, 1.807) is 7.11 Å². The minimum atomic E-state index is -0.354. The molecule has 0 fully saturated rings. The van der Waals surface area contributed by atoms with E-state index in [9.17, 15) is 4.79 Å². The van der Waals surface area contributed by atoms with Gasteiger partial charge in [-0.1, -0.05) is 30.3 Å². The smallest absolute Gasteiger partial charge is 0.336 e. The van der Waals surface area contributed by atoms with E-state index >= 15 is 0 Å². The van der Waals surface area contributed by atoms with Crippen molar-refractivity contribution in [2.24, 2.45) is 0 Å². The van der Waals surface area contributed by atoms with Gasteiger partial charge in [0.15, 0.2) is 0 Å². The van der Waals surface area contributed by atoms with Gasteiger partial charge in [-0.25, -0.2) is 4.79 Å². The summed E-state index contributed by atoms with van der Waals surface area (Å²) in [6.45, 7) is 1.89. The molecule has 0 aliphatic carbocycles. The largest absolute Gasteiger partial charge is 0.496 e. The molecule has 0 aliphatic rings. The van der Waals surface area contributed by atoms with Gasteiger partial charge in [0.2, 0.25) is 0 Å². The van der Waals surface area contributed by atoms with Crippen molar-refractivity contribution in [2.45, 2.75) is 6.92 Å². The van der Waals surface area contributed by atoms with Crippen molar-refractivity contribution >= 4 is 11.0 Å². The van der Waals surface area contributed by atoms with Gasteiger partial charge in [0.05, 0.1) is 7.11 Å². The molecular weight excluding hydrogens is 252 g/mol. The quantitative estimate of drug-likeness (QED) is 0.663. The number of aryl methyl sites for hydroxylation is 1. The van der Waals surface area contributed by atoms with Crippen LogP contribution >= 0.6 is 0 Å². The van der Waals surface area contributed by atoms with Gasteiger partial charge in [0.1, 0.15) is 11.3 Å². The number of hydrogen-bond donors (Lipinski definition) is 0. The standard InChI is InChI=1S/C17H14O3/c1-11-15(19-2)9-8-13-14(10-16(18)20-17(11)13)12-6-4-3-5-7-12/h3-10H,1-2H3. The van der Waals surface area contributed by atoms with Crippen molar-refractivity contribution in [1.82, 2.24) is 0 Å². The van der Waals surface area contributed by atoms with Gasteiger partial charge in [-0.2, -0.15) is 0 Å². The van der Waals surface area contributed by atoms with E-state index in [4.69, 9.17) is 9.15 Å². The molecule has 3 aromatic rings. The summed E-state index contributed by atoms with van der Waals surface area (Å²) >= 11 is 0. The lowest BCUT2D eigenvalue weighted by molar-refractivity contribution is 0.410. The van der Waals surface area contributed by atoms with Crippen LogP contribution in [0.3, 0.4) is 0 Å². The van der Waals surface area contributed by atoms with Crippen LogP contribution in [0.5, 0.6) is 5.75 Å². The molecule has 0 radical (unpaired) electrons. The highest BCUT2D eigenvalue weighted by Crippen LogP contribution is 2.32. The maximum Gasteiger partial charge on any atom is 0.336 e. The predicted molar refractivity (Wildman–Crippen MR) is 79.2 cm³/mol. The zero-order chi connectivity index (χ0) is 14.1. The minimum Gasteiger partial charge on any atom is -0.496 e. The molecule has 3 nitrogen and oxygen atoms in total. The third-order valence-electron chi connectivity index (χ3n) is 3.42. The van der Waals surface area contributed by atoms with Gasteiger partial charge in [-0.15, -0.1) is 0 Å². The van der Waals surface area contributed by atoms with Gasteiger partial charge >= 0.3 is 5.63 Å². The van der Waals surface area contributed by atoms with Crippen LogP contribution in [-0.2, 0) is 0 Å².